The fourth-order valence-corrected chi connectivity index (χ4v) is 3.44. The molecular weight excluding hydrogens is 312 g/mol. The van der Waals surface area contributed by atoms with Crippen LogP contribution in [0.25, 0.3) is 0 Å². The van der Waals surface area contributed by atoms with E-state index in [1.54, 1.807) is 0 Å². The Morgan fingerprint density at radius 3 is 2.92 bits per heavy atom. The first kappa shape index (κ1) is 15.6. The molecule has 1 N–H and O–H groups in total. The Labute approximate surface area is 139 Å². The zero-order chi connectivity index (χ0) is 16.5. The average molecular weight is 334 g/mol. The molecule has 3 fully saturated rings. The lowest BCUT2D eigenvalue weighted by molar-refractivity contribution is -0.141. The summed E-state index contributed by atoms with van der Waals surface area (Å²) in [7, 11) is 0. The molecule has 3 aliphatic rings. The van der Waals surface area contributed by atoms with Crippen LogP contribution in [0.15, 0.2) is 4.52 Å². The van der Waals surface area contributed by atoms with E-state index in [0.717, 1.165) is 51.6 Å². The summed E-state index contributed by atoms with van der Waals surface area (Å²) in [4.78, 5) is 30.1. The van der Waals surface area contributed by atoms with Crippen molar-refractivity contribution < 1.29 is 18.8 Å². The van der Waals surface area contributed by atoms with Crippen LogP contribution in [-0.4, -0.2) is 52.7 Å². The second-order valence-electron chi connectivity index (χ2n) is 6.84. The highest BCUT2D eigenvalue weighted by atomic mass is 16.5. The van der Waals surface area contributed by atoms with Crippen molar-refractivity contribution in [1.29, 1.82) is 0 Å². The second kappa shape index (κ2) is 6.51. The molecule has 24 heavy (non-hydrogen) atoms. The summed E-state index contributed by atoms with van der Waals surface area (Å²) in [5.74, 6) is 0.285. The number of nitrogens with zero attached hydrogens (tertiary/aromatic N) is 3. The predicted molar refractivity (Wildman–Crippen MR) is 82.0 cm³/mol. The number of ether oxygens (including phenoxy) is 1. The first-order valence-electron chi connectivity index (χ1n) is 8.76. The third kappa shape index (κ3) is 3.28. The summed E-state index contributed by atoms with van der Waals surface area (Å²) in [6.07, 6.45) is 5.63. The molecule has 4 rings (SSSR count). The number of rotatable bonds is 6. The SMILES string of the molecule is O=C(NC1CC1)c1noc([C@@H]2CCCN2CC[C@@H]2CCOC2=O)n1. The van der Waals surface area contributed by atoms with Gasteiger partial charge in [-0.3, -0.25) is 14.5 Å². The second-order valence-corrected chi connectivity index (χ2v) is 6.84. The molecule has 0 spiro atoms. The molecule has 8 heteroatoms. The molecule has 1 aliphatic carbocycles. The molecule has 2 saturated heterocycles. The van der Waals surface area contributed by atoms with Gasteiger partial charge in [0.25, 0.3) is 11.7 Å². The summed E-state index contributed by atoms with van der Waals surface area (Å²) in [5.41, 5.74) is 0. The van der Waals surface area contributed by atoms with Gasteiger partial charge in [0.05, 0.1) is 18.6 Å². The van der Waals surface area contributed by atoms with E-state index in [9.17, 15) is 9.59 Å². The van der Waals surface area contributed by atoms with Crippen molar-refractivity contribution in [3.05, 3.63) is 11.7 Å². The van der Waals surface area contributed by atoms with Crippen molar-refractivity contribution in [2.45, 2.75) is 50.6 Å². The van der Waals surface area contributed by atoms with E-state index in [1.165, 1.54) is 0 Å². The number of hydrogen-bond acceptors (Lipinski definition) is 7. The van der Waals surface area contributed by atoms with Crippen LogP contribution in [0.5, 0.6) is 0 Å². The van der Waals surface area contributed by atoms with Crippen LogP contribution in [0.2, 0.25) is 0 Å². The molecule has 0 aromatic carbocycles. The minimum Gasteiger partial charge on any atom is -0.465 e. The van der Waals surface area contributed by atoms with Crippen LogP contribution in [0.1, 0.15) is 61.1 Å². The van der Waals surface area contributed by atoms with Crippen LogP contribution in [0.4, 0.5) is 0 Å². The largest absolute Gasteiger partial charge is 0.465 e. The monoisotopic (exact) mass is 334 g/mol. The van der Waals surface area contributed by atoms with E-state index in [2.05, 4.69) is 20.4 Å². The van der Waals surface area contributed by atoms with Gasteiger partial charge >= 0.3 is 5.97 Å². The zero-order valence-electron chi connectivity index (χ0n) is 13.6. The van der Waals surface area contributed by atoms with Gasteiger partial charge in [0.2, 0.25) is 5.89 Å². The van der Waals surface area contributed by atoms with Crippen molar-refractivity contribution in [1.82, 2.24) is 20.4 Å². The van der Waals surface area contributed by atoms with Crippen molar-refractivity contribution in [3.8, 4) is 0 Å². The molecule has 2 aliphatic heterocycles. The molecule has 0 unspecified atom stereocenters. The minimum absolute atomic E-state index is 0.00816. The van der Waals surface area contributed by atoms with Crippen LogP contribution in [0, 0.1) is 5.92 Å². The Bertz CT molecular complexity index is 627. The first-order valence-corrected chi connectivity index (χ1v) is 8.76. The van der Waals surface area contributed by atoms with Crippen molar-refractivity contribution in [3.63, 3.8) is 0 Å². The molecule has 8 nitrogen and oxygen atoms in total. The van der Waals surface area contributed by atoms with Gasteiger partial charge in [-0.25, -0.2) is 0 Å². The van der Waals surface area contributed by atoms with Gasteiger partial charge in [-0.2, -0.15) is 4.98 Å². The van der Waals surface area contributed by atoms with Crippen LogP contribution < -0.4 is 5.32 Å². The van der Waals surface area contributed by atoms with Crippen molar-refractivity contribution >= 4 is 11.9 Å². The summed E-state index contributed by atoms with van der Waals surface area (Å²) in [6, 6.07) is 0.311. The number of cyclic esters (lactones) is 1. The van der Waals surface area contributed by atoms with E-state index < -0.39 is 0 Å². The zero-order valence-corrected chi connectivity index (χ0v) is 13.6. The predicted octanol–water partition coefficient (Wildman–Crippen LogP) is 1.05. The highest BCUT2D eigenvalue weighted by Gasteiger charge is 2.34. The molecule has 1 aromatic rings. The highest BCUT2D eigenvalue weighted by Crippen LogP contribution is 2.32. The summed E-state index contributed by atoms with van der Waals surface area (Å²) >= 11 is 0. The lowest BCUT2D eigenvalue weighted by atomic mass is 10.0. The number of carbonyl (C=O) groups is 2. The molecule has 0 radical (unpaired) electrons. The molecule has 1 saturated carbocycles. The molecule has 1 amide bonds. The van der Waals surface area contributed by atoms with E-state index in [0.29, 0.717) is 12.5 Å². The van der Waals surface area contributed by atoms with Gasteiger partial charge in [-0.05, 0) is 51.6 Å². The fourth-order valence-electron chi connectivity index (χ4n) is 3.44. The Kier molecular flexibility index (Phi) is 4.22. The normalized spacial score (nSPS) is 27.4. The van der Waals surface area contributed by atoms with Gasteiger partial charge in [0, 0.05) is 6.04 Å². The van der Waals surface area contributed by atoms with Gasteiger partial charge in [0.15, 0.2) is 0 Å². The number of amides is 1. The molecule has 2 atom stereocenters. The number of aromatic nitrogens is 2. The maximum atomic E-state index is 12.0. The van der Waals surface area contributed by atoms with Crippen LogP contribution in [-0.2, 0) is 9.53 Å². The minimum atomic E-state index is -0.259. The lowest BCUT2D eigenvalue weighted by Crippen LogP contribution is -2.28. The Morgan fingerprint density at radius 1 is 1.29 bits per heavy atom. The standard InChI is InChI=1S/C16H22N4O4/c21-14(17-11-3-4-11)13-18-15(24-19-13)12-2-1-7-20(12)8-5-10-6-9-23-16(10)22/h10-12H,1-9H2,(H,17,21)/t10-,12+/m1/s1. The van der Waals surface area contributed by atoms with E-state index >= 15 is 0 Å². The fraction of sp³-hybridized carbons (Fsp3) is 0.750. The smallest absolute Gasteiger partial charge is 0.309 e. The highest BCUT2D eigenvalue weighted by molar-refractivity contribution is 5.90. The van der Waals surface area contributed by atoms with E-state index in [-0.39, 0.29) is 35.7 Å². The quantitative estimate of drug-likeness (QED) is 0.777. The molecular formula is C16H22N4O4. The average Bonchev–Trinajstić information content (AvgIpc) is 2.97. The maximum absolute atomic E-state index is 12.0. The van der Waals surface area contributed by atoms with E-state index in [4.69, 9.17) is 9.26 Å². The topological polar surface area (TPSA) is 97.6 Å². The van der Waals surface area contributed by atoms with Gasteiger partial charge in [-0.1, -0.05) is 5.16 Å². The Hall–Kier alpha value is -1.96. The molecule has 130 valence electrons. The molecule has 3 heterocycles. The van der Waals surface area contributed by atoms with Crippen molar-refractivity contribution in [2.75, 3.05) is 19.7 Å². The summed E-state index contributed by atoms with van der Waals surface area (Å²) in [6.45, 7) is 2.28. The number of nitrogens with one attached hydrogen (secondary N) is 1. The number of hydrogen-bond donors (Lipinski definition) is 1. The summed E-state index contributed by atoms with van der Waals surface area (Å²) < 4.78 is 10.4. The van der Waals surface area contributed by atoms with Gasteiger partial charge in [0.1, 0.15) is 0 Å². The van der Waals surface area contributed by atoms with Gasteiger partial charge in [-0.15, -0.1) is 0 Å². The lowest BCUT2D eigenvalue weighted by Gasteiger charge is -2.22. The van der Waals surface area contributed by atoms with Crippen molar-refractivity contribution in [2.24, 2.45) is 5.92 Å². The number of likely N-dealkylation sites (tertiary alicyclic amines) is 1. The summed E-state index contributed by atoms with van der Waals surface area (Å²) in [5, 5.41) is 6.69. The maximum Gasteiger partial charge on any atom is 0.309 e. The van der Waals surface area contributed by atoms with Gasteiger partial charge < -0.3 is 14.6 Å². The first-order chi connectivity index (χ1) is 11.7. The van der Waals surface area contributed by atoms with Crippen LogP contribution in [0.3, 0.4) is 0 Å². The van der Waals surface area contributed by atoms with Crippen LogP contribution >= 0.6 is 0 Å². The third-order valence-electron chi connectivity index (χ3n) is 5.01. The Morgan fingerprint density at radius 2 is 2.17 bits per heavy atom. The van der Waals surface area contributed by atoms with E-state index in [1.807, 2.05) is 0 Å². The Balaban J connectivity index is 1.36. The number of carbonyl (C=O) groups excluding carboxylic acids is 2. The number of esters is 1. The molecule has 1 aromatic heterocycles. The third-order valence-corrected chi connectivity index (χ3v) is 5.01. The molecule has 0 bridgehead atoms.